The van der Waals surface area contributed by atoms with Crippen LogP contribution in [0.15, 0.2) is 30.6 Å². The summed E-state index contributed by atoms with van der Waals surface area (Å²) in [5.74, 6) is 1.13. The molecule has 4 saturated carbocycles. The summed E-state index contributed by atoms with van der Waals surface area (Å²) in [6.45, 7) is 0.167. The number of likely N-dealkylation sites (tertiary alicyclic amines) is 1. The van der Waals surface area contributed by atoms with Crippen LogP contribution >= 0.6 is 11.6 Å². The number of rotatable bonds is 5. The molecule has 8 rings (SSSR count). The number of aliphatic hydroxyl groups excluding tert-OH is 1. The third kappa shape index (κ3) is 3.55. The lowest BCUT2D eigenvalue weighted by atomic mass is 9.44. The largest absolute Gasteiger partial charge is 0.480 e. The van der Waals surface area contributed by atoms with Crippen molar-refractivity contribution < 1.29 is 27.8 Å². The van der Waals surface area contributed by atoms with E-state index in [9.17, 15) is 23.1 Å². The molecule has 6 aliphatic rings. The molecule has 5 fully saturated rings. The standard InChI is InChI=1S/C25H26ClF3N4O3/c26-14-1-2-19-15(3-14)18(34)4-20(36-19)22(35)31-23-9-24(10-23,11-23)33-6-13(5-30-33)21-16-7-32(8-17(16)21)12-25(27,28)29/h1-3,5-6,16-18,20-21,34H,4,7-12H2,(H,31,35)/t16-,17+,18-,20-,21?,23?,24?/m1/s1. The molecule has 11 heteroatoms. The summed E-state index contributed by atoms with van der Waals surface area (Å²) >= 11 is 6.00. The Labute approximate surface area is 210 Å². The highest BCUT2D eigenvalue weighted by Crippen LogP contribution is 2.65. The molecule has 3 heterocycles. The van der Waals surface area contributed by atoms with Gasteiger partial charge in [0.05, 0.1) is 24.4 Å². The minimum atomic E-state index is -4.14. The highest BCUT2D eigenvalue weighted by atomic mass is 35.5. The van der Waals surface area contributed by atoms with E-state index >= 15 is 0 Å². The minimum absolute atomic E-state index is 0.103. The smallest absolute Gasteiger partial charge is 0.401 e. The third-order valence-electron chi connectivity index (χ3n) is 8.87. The maximum atomic E-state index is 13.0. The van der Waals surface area contributed by atoms with E-state index in [2.05, 4.69) is 16.6 Å². The monoisotopic (exact) mass is 522 g/mol. The van der Waals surface area contributed by atoms with Crippen LogP contribution in [-0.4, -0.2) is 63.1 Å². The Morgan fingerprint density at radius 2 is 1.97 bits per heavy atom. The molecule has 2 bridgehead atoms. The van der Waals surface area contributed by atoms with Crippen LogP contribution in [0.4, 0.5) is 13.2 Å². The number of hydrogen-bond donors (Lipinski definition) is 2. The third-order valence-corrected chi connectivity index (χ3v) is 9.10. The van der Waals surface area contributed by atoms with Crippen molar-refractivity contribution in [3.05, 3.63) is 46.7 Å². The predicted octanol–water partition coefficient (Wildman–Crippen LogP) is 3.38. The molecular weight excluding hydrogens is 497 g/mol. The van der Waals surface area contributed by atoms with Crippen LogP contribution in [-0.2, 0) is 10.3 Å². The van der Waals surface area contributed by atoms with Crippen LogP contribution in [0.1, 0.15) is 48.8 Å². The molecule has 2 aliphatic heterocycles. The SMILES string of the molecule is O=C(NC12CC(n3cc(C4[C@H]5CN(CC(F)(F)F)C[C@@H]45)cn3)(C1)C2)[C@H]1C[C@@H](O)c2cc(Cl)ccc2O1. The average molecular weight is 523 g/mol. The molecule has 5 atom stereocenters. The Hall–Kier alpha value is -2.30. The Balaban J connectivity index is 0.940. The first-order valence-corrected chi connectivity index (χ1v) is 12.7. The van der Waals surface area contributed by atoms with Gasteiger partial charge in [-0.25, -0.2) is 0 Å². The molecule has 7 nitrogen and oxygen atoms in total. The van der Waals surface area contributed by atoms with Crippen molar-refractivity contribution >= 4 is 17.5 Å². The van der Waals surface area contributed by atoms with Crippen molar-refractivity contribution in [1.29, 1.82) is 0 Å². The minimum Gasteiger partial charge on any atom is -0.480 e. The predicted molar refractivity (Wildman–Crippen MR) is 123 cm³/mol. The highest BCUT2D eigenvalue weighted by Gasteiger charge is 2.70. The molecule has 192 valence electrons. The zero-order valence-corrected chi connectivity index (χ0v) is 20.1. The molecular formula is C25H26ClF3N4O3. The number of alkyl halides is 3. The topological polar surface area (TPSA) is 79.6 Å². The second-order valence-electron chi connectivity index (χ2n) is 11.4. The van der Waals surface area contributed by atoms with Crippen LogP contribution in [0.2, 0.25) is 5.02 Å². The van der Waals surface area contributed by atoms with Gasteiger partial charge in [0, 0.05) is 41.8 Å². The molecule has 2 aromatic rings. The van der Waals surface area contributed by atoms with E-state index in [1.165, 1.54) is 4.90 Å². The van der Waals surface area contributed by atoms with Gasteiger partial charge in [-0.05, 0) is 60.8 Å². The number of hydrogen-bond acceptors (Lipinski definition) is 5. The number of nitrogens with one attached hydrogen (secondary N) is 1. The van der Waals surface area contributed by atoms with E-state index in [4.69, 9.17) is 16.3 Å². The summed E-state index contributed by atoms with van der Waals surface area (Å²) in [7, 11) is 0. The number of halogens is 4. The normalized spacial score (nSPS) is 38.3. The lowest BCUT2D eigenvalue weighted by molar-refractivity contribution is -0.165. The van der Waals surface area contributed by atoms with Gasteiger partial charge < -0.3 is 15.2 Å². The molecule has 1 unspecified atom stereocenters. The lowest BCUT2D eigenvalue weighted by Gasteiger charge is -2.70. The molecule has 2 N–H and O–H groups in total. The molecule has 1 aromatic carbocycles. The van der Waals surface area contributed by atoms with Gasteiger partial charge in [0.1, 0.15) is 5.75 Å². The molecule has 1 aromatic heterocycles. The molecule has 0 radical (unpaired) electrons. The molecule has 1 amide bonds. The van der Waals surface area contributed by atoms with Gasteiger partial charge in [-0.15, -0.1) is 0 Å². The summed E-state index contributed by atoms with van der Waals surface area (Å²) in [6, 6.07) is 5.00. The number of fused-ring (bicyclic) bond motifs is 2. The number of benzene rings is 1. The molecule has 1 saturated heterocycles. The summed E-state index contributed by atoms with van der Waals surface area (Å²) in [4.78, 5) is 14.5. The zero-order valence-electron chi connectivity index (χ0n) is 19.3. The number of ether oxygens (including phenoxy) is 1. The van der Waals surface area contributed by atoms with E-state index in [-0.39, 0.29) is 35.2 Å². The van der Waals surface area contributed by atoms with Crippen molar-refractivity contribution in [3.63, 3.8) is 0 Å². The van der Waals surface area contributed by atoms with Crippen molar-refractivity contribution in [3.8, 4) is 5.75 Å². The molecule has 0 spiro atoms. The second-order valence-corrected chi connectivity index (χ2v) is 11.9. The fourth-order valence-electron chi connectivity index (χ4n) is 7.29. The first-order valence-electron chi connectivity index (χ1n) is 12.3. The van der Waals surface area contributed by atoms with Gasteiger partial charge >= 0.3 is 6.18 Å². The average Bonchev–Trinajstić information content (AvgIpc) is 3.09. The quantitative estimate of drug-likeness (QED) is 0.629. The Bertz CT molecular complexity index is 1220. The Morgan fingerprint density at radius 1 is 1.25 bits per heavy atom. The van der Waals surface area contributed by atoms with Gasteiger partial charge in [-0.1, -0.05) is 11.6 Å². The van der Waals surface area contributed by atoms with Gasteiger partial charge in [-0.2, -0.15) is 18.3 Å². The number of piperidine rings is 1. The summed E-state index contributed by atoms with van der Waals surface area (Å²) in [5.41, 5.74) is 1.33. The number of aliphatic hydroxyl groups is 1. The summed E-state index contributed by atoms with van der Waals surface area (Å²) in [5, 5.41) is 18.7. The lowest BCUT2D eigenvalue weighted by Crippen LogP contribution is -2.79. The first kappa shape index (κ1) is 22.9. The maximum Gasteiger partial charge on any atom is 0.401 e. The Kier molecular flexibility index (Phi) is 4.69. The van der Waals surface area contributed by atoms with Crippen LogP contribution in [0.5, 0.6) is 5.75 Å². The molecule has 4 aliphatic carbocycles. The van der Waals surface area contributed by atoms with E-state index < -0.39 is 24.9 Å². The van der Waals surface area contributed by atoms with Gasteiger partial charge in [-0.3, -0.25) is 14.4 Å². The van der Waals surface area contributed by atoms with Crippen LogP contribution in [0, 0.1) is 11.8 Å². The maximum absolute atomic E-state index is 13.0. The number of amides is 1. The van der Waals surface area contributed by atoms with Crippen molar-refractivity contribution in [2.45, 2.75) is 61.1 Å². The van der Waals surface area contributed by atoms with E-state index in [0.29, 0.717) is 35.3 Å². The van der Waals surface area contributed by atoms with Gasteiger partial charge in [0.15, 0.2) is 6.10 Å². The number of carbonyl (C=O) groups is 1. The zero-order chi connectivity index (χ0) is 25.0. The number of aromatic nitrogens is 2. The van der Waals surface area contributed by atoms with Crippen LogP contribution in [0.3, 0.4) is 0 Å². The highest BCUT2D eigenvalue weighted by molar-refractivity contribution is 6.30. The number of carbonyl (C=O) groups excluding carboxylic acids is 1. The van der Waals surface area contributed by atoms with Gasteiger partial charge in [0.25, 0.3) is 5.91 Å². The van der Waals surface area contributed by atoms with Crippen molar-refractivity contribution in [1.82, 2.24) is 20.0 Å². The number of nitrogens with zero attached hydrogens (tertiary/aromatic N) is 3. The Morgan fingerprint density at radius 3 is 2.67 bits per heavy atom. The summed E-state index contributed by atoms with van der Waals surface area (Å²) in [6.07, 6.45) is 0.728. The summed E-state index contributed by atoms with van der Waals surface area (Å²) < 4.78 is 45.8. The fourth-order valence-corrected chi connectivity index (χ4v) is 7.47. The first-order chi connectivity index (χ1) is 17.0. The van der Waals surface area contributed by atoms with Crippen LogP contribution in [0.25, 0.3) is 0 Å². The fraction of sp³-hybridized carbons (Fsp3) is 0.600. The van der Waals surface area contributed by atoms with Gasteiger partial charge in [0.2, 0.25) is 0 Å². The van der Waals surface area contributed by atoms with E-state index in [0.717, 1.165) is 24.8 Å². The van der Waals surface area contributed by atoms with Crippen molar-refractivity contribution in [2.75, 3.05) is 19.6 Å². The molecule has 36 heavy (non-hydrogen) atoms. The van der Waals surface area contributed by atoms with E-state index in [1.54, 1.807) is 18.2 Å². The second kappa shape index (κ2) is 7.39. The van der Waals surface area contributed by atoms with E-state index in [1.807, 2.05) is 10.9 Å². The van der Waals surface area contributed by atoms with Crippen molar-refractivity contribution in [2.24, 2.45) is 11.8 Å². The van der Waals surface area contributed by atoms with Crippen LogP contribution < -0.4 is 10.1 Å².